The maximum atomic E-state index is 4.98. The molecule has 2 aromatic rings. The van der Waals surface area contributed by atoms with E-state index in [2.05, 4.69) is 68.0 Å². The molecular formula is C28H35N3O. The second-order valence-corrected chi connectivity index (χ2v) is 6.83. The van der Waals surface area contributed by atoms with Gasteiger partial charge in [-0.15, -0.1) is 0 Å². The number of rotatable bonds is 10. The fraction of sp³-hybridized carbons (Fsp3) is 0.250. The van der Waals surface area contributed by atoms with Crippen molar-refractivity contribution in [2.45, 2.75) is 34.1 Å². The number of nitrogens with zero attached hydrogens (tertiary/aromatic N) is 3. The molecule has 2 rings (SSSR count). The van der Waals surface area contributed by atoms with Crippen molar-refractivity contribution in [3.63, 3.8) is 0 Å². The molecule has 0 fully saturated rings. The third-order valence-corrected chi connectivity index (χ3v) is 4.33. The summed E-state index contributed by atoms with van der Waals surface area (Å²) < 4.78 is 4.98. The Kier molecular flexibility index (Phi) is 12.9. The third kappa shape index (κ3) is 8.78. The zero-order valence-corrected chi connectivity index (χ0v) is 19.8. The Balaban J connectivity index is 0.000000751. The van der Waals surface area contributed by atoms with Crippen molar-refractivity contribution in [2.75, 3.05) is 13.2 Å². The molecule has 168 valence electrons. The van der Waals surface area contributed by atoms with Crippen molar-refractivity contribution in [1.82, 2.24) is 4.98 Å². The van der Waals surface area contributed by atoms with E-state index in [9.17, 15) is 0 Å². The Morgan fingerprint density at radius 1 is 1.06 bits per heavy atom. The SMILES string of the molecule is C=CN=C(C=C)c1cc(-c2ccc(C)cc2)cc(/C(=C/C=C\C)N=C)n1.CCCOCC. The smallest absolute Gasteiger partial charge is 0.0900 e. The highest BCUT2D eigenvalue weighted by molar-refractivity contribution is 6.08. The van der Waals surface area contributed by atoms with Gasteiger partial charge >= 0.3 is 0 Å². The summed E-state index contributed by atoms with van der Waals surface area (Å²) in [5.74, 6) is 0. The topological polar surface area (TPSA) is 46.8 Å². The maximum absolute atomic E-state index is 4.98. The van der Waals surface area contributed by atoms with Gasteiger partial charge in [-0.05, 0) is 69.3 Å². The molecule has 0 bridgehead atoms. The van der Waals surface area contributed by atoms with Crippen LogP contribution in [-0.4, -0.2) is 30.6 Å². The summed E-state index contributed by atoms with van der Waals surface area (Å²) >= 11 is 0. The summed E-state index contributed by atoms with van der Waals surface area (Å²) in [6.07, 6.45) is 10.0. The van der Waals surface area contributed by atoms with Crippen molar-refractivity contribution in [1.29, 1.82) is 0 Å². The summed E-state index contributed by atoms with van der Waals surface area (Å²) in [7, 11) is 0. The Morgan fingerprint density at radius 3 is 2.25 bits per heavy atom. The maximum Gasteiger partial charge on any atom is 0.0900 e. The van der Waals surface area contributed by atoms with E-state index in [1.54, 1.807) is 6.08 Å². The number of pyridine rings is 1. The van der Waals surface area contributed by atoms with Gasteiger partial charge in [0.25, 0.3) is 0 Å². The molecule has 0 aliphatic rings. The molecule has 1 aromatic heterocycles. The van der Waals surface area contributed by atoms with E-state index in [0.29, 0.717) is 17.1 Å². The van der Waals surface area contributed by atoms with Crippen molar-refractivity contribution in [3.8, 4) is 11.1 Å². The number of hydrogen-bond acceptors (Lipinski definition) is 4. The van der Waals surface area contributed by atoms with Gasteiger partial charge in [-0.2, -0.15) is 0 Å². The lowest BCUT2D eigenvalue weighted by molar-refractivity contribution is 0.148. The molecule has 0 saturated carbocycles. The molecule has 32 heavy (non-hydrogen) atoms. The Bertz CT molecular complexity index is 963. The predicted molar refractivity (Wildman–Crippen MR) is 140 cm³/mol. The first-order valence-corrected chi connectivity index (χ1v) is 10.8. The van der Waals surface area contributed by atoms with Crippen LogP contribution in [0.2, 0.25) is 0 Å². The standard InChI is InChI=1S/C23H23N3.C5H12O/c1-6-9-10-21(24-5)23-16-19(18-13-11-17(4)12-14-18)15-22(26-23)20(7-2)25-8-3;1-3-5-6-4-2/h6-16H,2-3,5H2,1,4H3;3-5H2,1-2H3/b9-6-,21-10-,25-20?;. The van der Waals surface area contributed by atoms with Crippen LogP contribution in [0.3, 0.4) is 0 Å². The van der Waals surface area contributed by atoms with Gasteiger partial charge in [-0.25, -0.2) is 4.98 Å². The molecule has 0 N–H and O–H groups in total. The van der Waals surface area contributed by atoms with Crippen LogP contribution < -0.4 is 0 Å². The minimum Gasteiger partial charge on any atom is -0.382 e. The highest BCUT2D eigenvalue weighted by Gasteiger charge is 2.10. The van der Waals surface area contributed by atoms with Crippen LogP contribution >= 0.6 is 0 Å². The van der Waals surface area contributed by atoms with E-state index in [0.717, 1.165) is 36.5 Å². The molecular weight excluding hydrogens is 394 g/mol. The van der Waals surface area contributed by atoms with Crippen LogP contribution in [-0.2, 0) is 4.74 Å². The first-order valence-electron chi connectivity index (χ1n) is 10.8. The van der Waals surface area contributed by atoms with Crippen molar-refractivity contribution in [3.05, 3.63) is 97.0 Å². The summed E-state index contributed by atoms with van der Waals surface area (Å²) in [6.45, 7) is 21.1. The minimum atomic E-state index is 0.657. The molecule has 0 radical (unpaired) electrons. The third-order valence-electron chi connectivity index (χ3n) is 4.33. The molecule has 4 nitrogen and oxygen atoms in total. The van der Waals surface area contributed by atoms with Crippen molar-refractivity contribution >= 4 is 18.1 Å². The molecule has 0 saturated heterocycles. The molecule has 4 heteroatoms. The van der Waals surface area contributed by atoms with Gasteiger partial charge in [0.1, 0.15) is 0 Å². The summed E-state index contributed by atoms with van der Waals surface area (Å²) in [5.41, 5.74) is 6.12. The fourth-order valence-electron chi connectivity index (χ4n) is 2.72. The molecule has 0 spiro atoms. The first-order chi connectivity index (χ1) is 15.5. The van der Waals surface area contributed by atoms with E-state index in [1.807, 2.05) is 44.2 Å². The Morgan fingerprint density at radius 2 is 1.75 bits per heavy atom. The number of aliphatic imine (C=N–C) groups is 2. The van der Waals surface area contributed by atoms with Crippen LogP contribution in [0.1, 0.15) is 44.1 Å². The summed E-state index contributed by atoms with van der Waals surface area (Å²) in [6, 6.07) is 12.4. The van der Waals surface area contributed by atoms with Crippen LogP contribution in [0.4, 0.5) is 0 Å². The van der Waals surface area contributed by atoms with Crippen LogP contribution in [0.15, 0.2) is 90.0 Å². The predicted octanol–water partition coefficient (Wildman–Crippen LogP) is 7.23. The number of aryl methyl sites for hydroxylation is 1. The average Bonchev–Trinajstić information content (AvgIpc) is 2.82. The van der Waals surface area contributed by atoms with E-state index in [4.69, 9.17) is 9.72 Å². The van der Waals surface area contributed by atoms with Gasteiger partial charge in [0.05, 0.1) is 22.8 Å². The van der Waals surface area contributed by atoms with Crippen molar-refractivity contribution in [2.24, 2.45) is 9.98 Å². The van der Waals surface area contributed by atoms with E-state index in [1.165, 1.54) is 11.8 Å². The zero-order valence-electron chi connectivity index (χ0n) is 19.8. The highest BCUT2D eigenvalue weighted by Crippen LogP contribution is 2.25. The Labute approximate surface area is 193 Å². The largest absolute Gasteiger partial charge is 0.382 e. The first kappa shape index (κ1) is 26.7. The van der Waals surface area contributed by atoms with Crippen LogP contribution in [0.5, 0.6) is 0 Å². The normalized spacial score (nSPS) is 11.6. The van der Waals surface area contributed by atoms with E-state index < -0.39 is 0 Å². The number of hydrogen-bond donors (Lipinski definition) is 0. The van der Waals surface area contributed by atoms with Gasteiger partial charge in [-0.3, -0.25) is 9.98 Å². The summed E-state index contributed by atoms with van der Waals surface area (Å²) in [5, 5.41) is 0. The van der Waals surface area contributed by atoms with Gasteiger partial charge < -0.3 is 4.74 Å². The van der Waals surface area contributed by atoms with Gasteiger partial charge in [0, 0.05) is 19.4 Å². The lowest BCUT2D eigenvalue weighted by Gasteiger charge is -2.10. The fourth-order valence-corrected chi connectivity index (χ4v) is 2.72. The highest BCUT2D eigenvalue weighted by atomic mass is 16.5. The second kappa shape index (κ2) is 15.4. The molecule has 0 aliphatic carbocycles. The molecule has 0 amide bonds. The van der Waals surface area contributed by atoms with E-state index in [-0.39, 0.29) is 0 Å². The minimum absolute atomic E-state index is 0.657. The molecule has 1 heterocycles. The summed E-state index contributed by atoms with van der Waals surface area (Å²) in [4.78, 5) is 13.1. The lowest BCUT2D eigenvalue weighted by atomic mass is 10.0. The number of allylic oxidation sites excluding steroid dienone is 4. The molecule has 1 aromatic carbocycles. The van der Waals surface area contributed by atoms with Gasteiger partial charge in [0.15, 0.2) is 0 Å². The van der Waals surface area contributed by atoms with Gasteiger partial charge in [-0.1, -0.05) is 62.1 Å². The molecule has 0 atom stereocenters. The monoisotopic (exact) mass is 429 g/mol. The van der Waals surface area contributed by atoms with E-state index >= 15 is 0 Å². The number of ether oxygens (including phenoxy) is 1. The number of benzene rings is 1. The number of aromatic nitrogens is 1. The Hall–Kier alpha value is -3.37. The zero-order chi connectivity index (χ0) is 23.8. The second-order valence-electron chi connectivity index (χ2n) is 6.83. The van der Waals surface area contributed by atoms with Crippen LogP contribution in [0, 0.1) is 6.92 Å². The van der Waals surface area contributed by atoms with Gasteiger partial charge in [0.2, 0.25) is 0 Å². The van der Waals surface area contributed by atoms with Crippen molar-refractivity contribution < 1.29 is 4.74 Å². The lowest BCUT2D eigenvalue weighted by Crippen LogP contribution is -2.03. The van der Waals surface area contributed by atoms with Crippen LogP contribution in [0.25, 0.3) is 16.8 Å². The molecule has 0 unspecified atom stereocenters. The average molecular weight is 430 g/mol. The quantitative estimate of drug-likeness (QED) is 0.227. The molecule has 0 aliphatic heterocycles.